The molecule has 0 bridgehead atoms. The van der Waals surface area contributed by atoms with Gasteiger partial charge in [-0.2, -0.15) is 5.26 Å². The topological polar surface area (TPSA) is 85.8 Å². The number of hydrogen-bond acceptors (Lipinski definition) is 3. The Kier molecular flexibility index (Phi) is 3.75. The predicted molar refractivity (Wildman–Crippen MR) is 82.8 cm³/mol. The van der Waals surface area contributed by atoms with E-state index in [4.69, 9.17) is 5.26 Å². The highest BCUT2D eigenvalue weighted by atomic mass is 16.2. The van der Waals surface area contributed by atoms with Crippen LogP contribution in [0, 0.1) is 11.3 Å². The van der Waals surface area contributed by atoms with Crippen molar-refractivity contribution < 1.29 is 4.79 Å². The van der Waals surface area contributed by atoms with Gasteiger partial charge in [0.1, 0.15) is 5.56 Å². The van der Waals surface area contributed by atoms with E-state index in [1.807, 2.05) is 6.07 Å². The maximum absolute atomic E-state index is 12.3. The fourth-order valence-electron chi connectivity index (χ4n) is 2.71. The van der Waals surface area contributed by atoms with Crippen molar-refractivity contribution in [2.24, 2.45) is 0 Å². The molecule has 5 heteroatoms. The van der Waals surface area contributed by atoms with Crippen LogP contribution in [0.2, 0.25) is 0 Å². The van der Waals surface area contributed by atoms with Crippen LogP contribution in [0.25, 0.3) is 0 Å². The summed E-state index contributed by atoms with van der Waals surface area (Å²) in [7, 11) is 0. The average Bonchev–Trinajstić information content (AvgIpc) is 2.54. The van der Waals surface area contributed by atoms with E-state index in [-0.39, 0.29) is 11.1 Å². The maximum atomic E-state index is 12.3. The predicted octanol–water partition coefficient (Wildman–Crippen LogP) is 2.38. The molecule has 1 aromatic heterocycles. The zero-order chi connectivity index (χ0) is 15.5. The van der Waals surface area contributed by atoms with Crippen LogP contribution in [0.4, 0.5) is 5.69 Å². The van der Waals surface area contributed by atoms with Gasteiger partial charge in [0, 0.05) is 11.4 Å². The zero-order valence-corrected chi connectivity index (χ0v) is 12.0. The van der Waals surface area contributed by atoms with Crippen molar-refractivity contribution in [3.63, 3.8) is 0 Å². The van der Waals surface area contributed by atoms with Crippen LogP contribution < -0.4 is 10.9 Å². The van der Waals surface area contributed by atoms with E-state index in [9.17, 15) is 9.59 Å². The summed E-state index contributed by atoms with van der Waals surface area (Å²) >= 11 is 0. The minimum absolute atomic E-state index is 0.114. The summed E-state index contributed by atoms with van der Waals surface area (Å²) in [4.78, 5) is 27.2. The van der Waals surface area contributed by atoms with Crippen LogP contribution in [0.3, 0.4) is 0 Å². The highest BCUT2D eigenvalue weighted by molar-refractivity contribution is 6.04. The molecule has 0 radical (unpaired) electrons. The first-order valence-electron chi connectivity index (χ1n) is 7.24. The highest BCUT2D eigenvalue weighted by Gasteiger charge is 2.17. The number of nitrogens with one attached hydrogen (secondary N) is 2. The lowest BCUT2D eigenvalue weighted by Gasteiger charge is -2.15. The Bertz CT molecular complexity index is 831. The maximum Gasteiger partial charge on any atom is 0.261 e. The van der Waals surface area contributed by atoms with E-state index in [1.54, 1.807) is 30.3 Å². The first-order valence-corrected chi connectivity index (χ1v) is 7.24. The average molecular weight is 293 g/mol. The number of rotatable bonds is 2. The standard InChI is InChI=1S/C17H15N3O2/c18-10-11-4-3-6-13(8-11)19-16(21)14-9-12-5-1-2-7-15(12)20-17(14)22/h3-4,6,8-9H,1-2,5,7H2,(H,19,21)(H,20,22). The van der Waals surface area contributed by atoms with E-state index in [2.05, 4.69) is 10.3 Å². The number of carbonyl (C=O) groups excluding carboxylic acids is 1. The summed E-state index contributed by atoms with van der Waals surface area (Å²) in [6.07, 6.45) is 3.88. The number of aryl methyl sites for hydroxylation is 2. The number of H-pyrrole nitrogens is 1. The highest BCUT2D eigenvalue weighted by Crippen LogP contribution is 2.19. The Morgan fingerprint density at radius 3 is 2.86 bits per heavy atom. The van der Waals surface area contributed by atoms with Crippen molar-refractivity contribution in [1.29, 1.82) is 5.26 Å². The number of aromatic amines is 1. The van der Waals surface area contributed by atoms with Gasteiger partial charge in [-0.25, -0.2) is 0 Å². The Balaban J connectivity index is 1.89. The van der Waals surface area contributed by atoms with Crippen molar-refractivity contribution in [3.05, 3.63) is 63.1 Å². The van der Waals surface area contributed by atoms with Crippen LogP contribution in [0.1, 0.15) is 40.0 Å². The van der Waals surface area contributed by atoms with Crippen LogP contribution in [-0.4, -0.2) is 10.9 Å². The van der Waals surface area contributed by atoms with E-state index < -0.39 is 5.91 Å². The normalized spacial score (nSPS) is 13.0. The lowest BCUT2D eigenvalue weighted by atomic mass is 9.95. The summed E-state index contributed by atoms with van der Waals surface area (Å²) in [5.41, 5.74) is 2.69. The van der Waals surface area contributed by atoms with Gasteiger partial charge in [0.25, 0.3) is 11.5 Å². The number of nitriles is 1. The molecule has 2 N–H and O–H groups in total. The van der Waals surface area contributed by atoms with Crippen molar-refractivity contribution in [2.75, 3.05) is 5.32 Å². The van der Waals surface area contributed by atoms with Gasteiger partial charge in [-0.15, -0.1) is 0 Å². The Hall–Kier alpha value is -2.87. The van der Waals surface area contributed by atoms with Crippen molar-refractivity contribution in [2.45, 2.75) is 25.7 Å². The number of hydrogen-bond donors (Lipinski definition) is 2. The number of anilines is 1. The van der Waals surface area contributed by atoms with Gasteiger partial charge in [-0.05, 0) is 55.5 Å². The molecule has 22 heavy (non-hydrogen) atoms. The number of benzene rings is 1. The molecule has 1 aliphatic carbocycles. The molecule has 1 amide bonds. The second kappa shape index (κ2) is 5.86. The van der Waals surface area contributed by atoms with Crippen molar-refractivity contribution in [1.82, 2.24) is 4.98 Å². The number of amides is 1. The molecule has 110 valence electrons. The van der Waals surface area contributed by atoms with E-state index in [0.29, 0.717) is 11.3 Å². The Morgan fingerprint density at radius 2 is 2.05 bits per heavy atom. The largest absolute Gasteiger partial charge is 0.325 e. The molecular formula is C17H15N3O2. The Morgan fingerprint density at radius 1 is 1.23 bits per heavy atom. The third-order valence-electron chi connectivity index (χ3n) is 3.83. The SMILES string of the molecule is N#Cc1cccc(NC(=O)c2cc3c([nH]c2=O)CCCC3)c1. The minimum atomic E-state index is -0.454. The molecule has 3 rings (SSSR count). The molecule has 0 saturated heterocycles. The van der Waals surface area contributed by atoms with Crippen LogP contribution in [0.15, 0.2) is 35.1 Å². The van der Waals surface area contributed by atoms with Crippen LogP contribution >= 0.6 is 0 Å². The van der Waals surface area contributed by atoms with Gasteiger partial charge in [-0.3, -0.25) is 9.59 Å². The molecule has 1 heterocycles. The first-order chi connectivity index (χ1) is 10.7. The zero-order valence-electron chi connectivity index (χ0n) is 12.0. The summed E-state index contributed by atoms with van der Waals surface area (Å²) in [6, 6.07) is 10.3. The first kappa shape index (κ1) is 14.1. The summed E-state index contributed by atoms with van der Waals surface area (Å²) < 4.78 is 0. The number of pyridine rings is 1. The van der Waals surface area contributed by atoms with E-state index in [1.165, 1.54) is 0 Å². The van der Waals surface area contributed by atoms with Crippen molar-refractivity contribution >= 4 is 11.6 Å². The second-order valence-corrected chi connectivity index (χ2v) is 5.37. The summed E-state index contributed by atoms with van der Waals surface area (Å²) in [6.45, 7) is 0. The van der Waals surface area contributed by atoms with E-state index in [0.717, 1.165) is 36.9 Å². The molecule has 5 nitrogen and oxygen atoms in total. The molecule has 0 fully saturated rings. The number of nitrogens with zero attached hydrogens (tertiary/aromatic N) is 1. The third kappa shape index (κ3) is 2.77. The number of carbonyl (C=O) groups is 1. The van der Waals surface area contributed by atoms with Gasteiger partial charge in [-0.1, -0.05) is 6.07 Å². The molecule has 0 aliphatic heterocycles. The van der Waals surface area contributed by atoms with Crippen LogP contribution in [0.5, 0.6) is 0 Å². The Labute approximate surface area is 127 Å². The molecule has 0 saturated carbocycles. The molecular weight excluding hydrogens is 278 g/mol. The molecule has 0 unspecified atom stereocenters. The van der Waals surface area contributed by atoms with Gasteiger partial charge >= 0.3 is 0 Å². The summed E-state index contributed by atoms with van der Waals surface area (Å²) in [5, 5.41) is 11.5. The summed E-state index contributed by atoms with van der Waals surface area (Å²) in [5.74, 6) is -0.454. The molecule has 0 spiro atoms. The fraction of sp³-hybridized carbons (Fsp3) is 0.235. The van der Waals surface area contributed by atoms with Gasteiger partial charge in [0.2, 0.25) is 0 Å². The third-order valence-corrected chi connectivity index (χ3v) is 3.83. The van der Waals surface area contributed by atoms with Crippen LogP contribution in [-0.2, 0) is 12.8 Å². The van der Waals surface area contributed by atoms with Crippen molar-refractivity contribution in [3.8, 4) is 6.07 Å². The second-order valence-electron chi connectivity index (χ2n) is 5.37. The number of fused-ring (bicyclic) bond motifs is 1. The monoisotopic (exact) mass is 293 g/mol. The smallest absolute Gasteiger partial charge is 0.261 e. The van der Waals surface area contributed by atoms with Gasteiger partial charge < -0.3 is 10.3 Å². The lowest BCUT2D eigenvalue weighted by molar-refractivity contribution is 0.102. The fourth-order valence-corrected chi connectivity index (χ4v) is 2.71. The lowest BCUT2D eigenvalue weighted by Crippen LogP contribution is -2.26. The van der Waals surface area contributed by atoms with E-state index >= 15 is 0 Å². The quantitative estimate of drug-likeness (QED) is 0.891. The van der Waals surface area contributed by atoms with Gasteiger partial charge in [0.05, 0.1) is 11.6 Å². The molecule has 0 atom stereocenters. The van der Waals surface area contributed by atoms with Gasteiger partial charge in [0.15, 0.2) is 0 Å². The molecule has 1 aliphatic rings. The molecule has 2 aromatic rings. The molecule has 1 aromatic carbocycles. The number of aromatic nitrogens is 1. The minimum Gasteiger partial charge on any atom is -0.325 e.